The van der Waals surface area contributed by atoms with Gasteiger partial charge in [-0.05, 0) is 42.3 Å². The molecule has 7 nitrogen and oxygen atoms in total. The predicted octanol–water partition coefficient (Wildman–Crippen LogP) is 2.31. The van der Waals surface area contributed by atoms with Gasteiger partial charge in [0.05, 0.1) is 42.5 Å². The van der Waals surface area contributed by atoms with E-state index in [4.69, 9.17) is 9.47 Å². The van der Waals surface area contributed by atoms with Crippen LogP contribution in [0.1, 0.15) is 21.5 Å². The Labute approximate surface area is 168 Å². The van der Waals surface area contributed by atoms with Crippen molar-refractivity contribution >= 4 is 16.9 Å². The van der Waals surface area contributed by atoms with Crippen molar-refractivity contribution in [3.05, 3.63) is 69.8 Å². The molecule has 1 aromatic heterocycles. The minimum Gasteiger partial charge on any atom is -0.465 e. The number of aromatic nitrogens is 2. The van der Waals surface area contributed by atoms with Crippen molar-refractivity contribution in [1.29, 1.82) is 0 Å². The van der Waals surface area contributed by atoms with E-state index in [1.54, 1.807) is 18.2 Å². The summed E-state index contributed by atoms with van der Waals surface area (Å²) in [6, 6.07) is 11.0. The molecule has 1 aliphatic heterocycles. The zero-order valence-corrected chi connectivity index (χ0v) is 16.6. The molecule has 0 unspecified atom stereocenters. The SMILES string of the molecule is COC(=O)c1ccc(C)c(-n2cnc3ccc(CN4CCOCC4)cc3c2=O)c1. The third-order valence-electron chi connectivity index (χ3n) is 5.22. The maximum atomic E-state index is 13.2. The Kier molecular flexibility index (Phi) is 5.42. The van der Waals surface area contributed by atoms with E-state index in [1.807, 2.05) is 25.1 Å². The number of fused-ring (bicyclic) bond motifs is 1. The largest absolute Gasteiger partial charge is 0.465 e. The Morgan fingerprint density at radius 1 is 1.17 bits per heavy atom. The monoisotopic (exact) mass is 393 g/mol. The van der Waals surface area contributed by atoms with Crippen LogP contribution in [0.2, 0.25) is 0 Å². The lowest BCUT2D eigenvalue weighted by atomic mass is 10.1. The number of rotatable bonds is 4. The van der Waals surface area contributed by atoms with Gasteiger partial charge in [0.25, 0.3) is 5.56 Å². The van der Waals surface area contributed by atoms with E-state index in [1.165, 1.54) is 18.0 Å². The second-order valence-corrected chi connectivity index (χ2v) is 7.15. The van der Waals surface area contributed by atoms with Crippen molar-refractivity contribution in [2.75, 3.05) is 33.4 Å². The highest BCUT2D eigenvalue weighted by molar-refractivity contribution is 5.90. The molecule has 3 aromatic rings. The molecule has 0 saturated carbocycles. The predicted molar refractivity (Wildman–Crippen MR) is 110 cm³/mol. The van der Waals surface area contributed by atoms with Crippen molar-refractivity contribution in [2.24, 2.45) is 0 Å². The Balaban J connectivity index is 1.75. The smallest absolute Gasteiger partial charge is 0.337 e. The van der Waals surface area contributed by atoms with Crippen LogP contribution in [0.25, 0.3) is 16.6 Å². The summed E-state index contributed by atoms with van der Waals surface area (Å²) >= 11 is 0. The van der Waals surface area contributed by atoms with Crippen molar-refractivity contribution in [2.45, 2.75) is 13.5 Å². The van der Waals surface area contributed by atoms with Gasteiger partial charge in [-0.3, -0.25) is 14.3 Å². The van der Waals surface area contributed by atoms with Crippen LogP contribution in [0, 0.1) is 6.92 Å². The number of hydrogen-bond donors (Lipinski definition) is 0. The molecule has 0 radical (unpaired) electrons. The van der Waals surface area contributed by atoms with Gasteiger partial charge in [-0.1, -0.05) is 12.1 Å². The lowest BCUT2D eigenvalue weighted by Crippen LogP contribution is -2.35. The van der Waals surface area contributed by atoms with E-state index < -0.39 is 5.97 Å². The zero-order chi connectivity index (χ0) is 20.4. The maximum absolute atomic E-state index is 13.2. The summed E-state index contributed by atoms with van der Waals surface area (Å²) in [5.41, 5.74) is 3.43. The molecule has 2 heterocycles. The Bertz CT molecular complexity index is 1120. The number of aryl methyl sites for hydroxylation is 1. The minimum atomic E-state index is -0.444. The van der Waals surface area contributed by atoms with Crippen molar-refractivity contribution in [1.82, 2.24) is 14.5 Å². The van der Waals surface area contributed by atoms with E-state index in [2.05, 4.69) is 9.88 Å². The number of hydrogen-bond acceptors (Lipinski definition) is 6. The highest BCUT2D eigenvalue weighted by Gasteiger charge is 2.14. The van der Waals surface area contributed by atoms with E-state index in [9.17, 15) is 9.59 Å². The molecule has 4 rings (SSSR count). The topological polar surface area (TPSA) is 73.7 Å². The molecule has 1 saturated heterocycles. The van der Waals surface area contributed by atoms with Gasteiger partial charge >= 0.3 is 5.97 Å². The number of morpholine rings is 1. The van der Waals surface area contributed by atoms with Gasteiger partial charge in [0.1, 0.15) is 6.33 Å². The first kappa shape index (κ1) is 19.3. The molecule has 150 valence electrons. The molecular formula is C22H23N3O4. The number of carbonyl (C=O) groups is 1. The molecule has 29 heavy (non-hydrogen) atoms. The summed E-state index contributed by atoms with van der Waals surface area (Å²) in [4.78, 5) is 31.9. The molecule has 1 aliphatic rings. The second-order valence-electron chi connectivity index (χ2n) is 7.15. The average Bonchev–Trinajstić information content (AvgIpc) is 2.75. The maximum Gasteiger partial charge on any atom is 0.337 e. The number of carbonyl (C=O) groups excluding carboxylic acids is 1. The summed E-state index contributed by atoms with van der Waals surface area (Å²) in [5.74, 6) is -0.444. The molecule has 0 amide bonds. The van der Waals surface area contributed by atoms with Gasteiger partial charge < -0.3 is 9.47 Å². The summed E-state index contributed by atoms with van der Waals surface area (Å²) < 4.78 is 11.7. The fourth-order valence-corrected chi connectivity index (χ4v) is 3.57. The van der Waals surface area contributed by atoms with Gasteiger partial charge in [-0.25, -0.2) is 9.78 Å². The first-order valence-corrected chi connectivity index (χ1v) is 9.56. The third kappa shape index (κ3) is 3.92. The molecule has 2 aromatic carbocycles. The fourth-order valence-electron chi connectivity index (χ4n) is 3.57. The second kappa shape index (κ2) is 8.14. The highest BCUT2D eigenvalue weighted by atomic mass is 16.5. The number of benzene rings is 2. The van der Waals surface area contributed by atoms with Gasteiger partial charge in [0, 0.05) is 19.6 Å². The molecule has 0 bridgehead atoms. The zero-order valence-electron chi connectivity index (χ0n) is 16.6. The molecule has 1 fully saturated rings. The van der Waals surface area contributed by atoms with Gasteiger partial charge in [-0.15, -0.1) is 0 Å². The number of ether oxygens (including phenoxy) is 2. The van der Waals surface area contributed by atoms with Crippen LogP contribution in [0.3, 0.4) is 0 Å². The van der Waals surface area contributed by atoms with E-state index in [0.717, 1.165) is 44.0 Å². The lowest BCUT2D eigenvalue weighted by Gasteiger charge is -2.26. The number of esters is 1. The van der Waals surface area contributed by atoms with Crippen LogP contribution in [-0.2, 0) is 16.0 Å². The van der Waals surface area contributed by atoms with Gasteiger partial charge in [0.15, 0.2) is 0 Å². The minimum absolute atomic E-state index is 0.163. The van der Waals surface area contributed by atoms with Crippen molar-refractivity contribution < 1.29 is 14.3 Å². The first-order chi connectivity index (χ1) is 14.1. The Morgan fingerprint density at radius 2 is 1.97 bits per heavy atom. The molecule has 0 atom stereocenters. The Morgan fingerprint density at radius 3 is 2.72 bits per heavy atom. The first-order valence-electron chi connectivity index (χ1n) is 9.56. The average molecular weight is 393 g/mol. The molecule has 0 spiro atoms. The van der Waals surface area contributed by atoms with Crippen LogP contribution < -0.4 is 5.56 Å². The van der Waals surface area contributed by atoms with Crippen LogP contribution in [0.15, 0.2) is 47.5 Å². The summed E-state index contributed by atoms with van der Waals surface area (Å²) in [7, 11) is 1.33. The quantitative estimate of drug-likeness (QED) is 0.634. The van der Waals surface area contributed by atoms with Crippen molar-refractivity contribution in [3.8, 4) is 5.69 Å². The number of nitrogens with zero attached hydrogens (tertiary/aromatic N) is 3. The molecular weight excluding hydrogens is 370 g/mol. The molecule has 7 heteroatoms. The highest BCUT2D eigenvalue weighted by Crippen LogP contribution is 2.18. The van der Waals surface area contributed by atoms with Crippen LogP contribution in [0.5, 0.6) is 0 Å². The van der Waals surface area contributed by atoms with Crippen molar-refractivity contribution in [3.63, 3.8) is 0 Å². The number of methoxy groups -OCH3 is 1. The third-order valence-corrected chi connectivity index (χ3v) is 5.22. The fraction of sp³-hybridized carbons (Fsp3) is 0.318. The van der Waals surface area contributed by atoms with Crippen LogP contribution >= 0.6 is 0 Å². The van der Waals surface area contributed by atoms with Gasteiger partial charge in [-0.2, -0.15) is 0 Å². The van der Waals surface area contributed by atoms with E-state index in [-0.39, 0.29) is 5.56 Å². The van der Waals surface area contributed by atoms with E-state index in [0.29, 0.717) is 22.2 Å². The molecule has 0 aliphatic carbocycles. The van der Waals surface area contributed by atoms with E-state index >= 15 is 0 Å². The Hall–Kier alpha value is -3.03. The van der Waals surface area contributed by atoms with Crippen LogP contribution in [-0.4, -0.2) is 53.8 Å². The lowest BCUT2D eigenvalue weighted by molar-refractivity contribution is 0.0342. The molecule has 0 N–H and O–H groups in total. The normalized spacial score (nSPS) is 14.8. The van der Waals surface area contributed by atoms with Gasteiger partial charge in [0.2, 0.25) is 0 Å². The summed E-state index contributed by atoms with van der Waals surface area (Å²) in [5, 5.41) is 0.557. The van der Waals surface area contributed by atoms with Crippen LogP contribution in [0.4, 0.5) is 0 Å². The summed E-state index contributed by atoms with van der Waals surface area (Å²) in [6.07, 6.45) is 1.51. The standard InChI is InChI=1S/C22H23N3O4/c1-15-3-5-17(22(27)28-2)12-20(15)25-14-23-19-6-4-16(11-18(19)21(25)26)13-24-7-9-29-10-8-24/h3-6,11-12,14H,7-10,13H2,1-2H3. The summed E-state index contributed by atoms with van der Waals surface area (Å²) in [6.45, 7) is 5.89.